The summed E-state index contributed by atoms with van der Waals surface area (Å²) in [7, 11) is 1.55. The highest BCUT2D eigenvalue weighted by Crippen LogP contribution is 2.51. The van der Waals surface area contributed by atoms with Crippen LogP contribution in [0.4, 0.5) is 8.78 Å². The molecule has 1 fully saturated rings. The van der Waals surface area contributed by atoms with Gasteiger partial charge in [0.15, 0.2) is 11.5 Å². The number of aromatic nitrogens is 1. The topological polar surface area (TPSA) is 97.6 Å². The lowest BCUT2D eigenvalue weighted by atomic mass is 9.64. The lowest BCUT2D eigenvalue weighted by Gasteiger charge is -2.50. The maximum absolute atomic E-state index is 13.9. The van der Waals surface area contributed by atoms with Gasteiger partial charge in [-0.05, 0) is 25.8 Å². The first kappa shape index (κ1) is 23.1. The molecule has 7 nitrogen and oxygen atoms in total. The third-order valence-electron chi connectivity index (χ3n) is 7.25. The minimum Gasteiger partial charge on any atom is -0.503 e. The number of hydrogen-bond donors (Lipinski definition) is 2. The highest BCUT2D eigenvalue weighted by molar-refractivity contribution is 6.04. The molecular weight excluding hydrogens is 434 g/mol. The SMILES string of the molecule is COC12CCCCCC1(C)C(=O)c1c(O)c(=O)c(C(=O)NCc3ccc(F)cc3F)cn1C2. The van der Waals surface area contributed by atoms with Crippen LogP contribution in [0.3, 0.4) is 0 Å². The molecule has 2 aliphatic rings. The lowest BCUT2D eigenvalue weighted by Crippen LogP contribution is -2.59. The number of ether oxygens (including phenoxy) is 1. The number of rotatable bonds is 4. The summed E-state index contributed by atoms with van der Waals surface area (Å²) in [6.07, 6.45) is 5.09. The first-order valence-corrected chi connectivity index (χ1v) is 10.9. The van der Waals surface area contributed by atoms with Crippen LogP contribution in [0.1, 0.15) is 65.4 Å². The summed E-state index contributed by atoms with van der Waals surface area (Å²) in [6, 6.07) is 2.94. The van der Waals surface area contributed by atoms with Crippen molar-refractivity contribution in [3.05, 3.63) is 63.1 Å². The number of fused-ring (bicyclic) bond motifs is 2. The second-order valence-electron chi connectivity index (χ2n) is 9.04. The smallest absolute Gasteiger partial charge is 0.257 e. The molecular formula is C24H26F2N2O5. The van der Waals surface area contributed by atoms with Gasteiger partial charge >= 0.3 is 0 Å². The van der Waals surface area contributed by atoms with Crippen LogP contribution in [0.2, 0.25) is 0 Å². The Labute approximate surface area is 189 Å². The van der Waals surface area contributed by atoms with E-state index in [0.29, 0.717) is 18.9 Å². The van der Waals surface area contributed by atoms with E-state index in [0.717, 1.165) is 25.3 Å². The minimum atomic E-state index is -0.978. The first-order chi connectivity index (χ1) is 15.6. The van der Waals surface area contributed by atoms with Crippen LogP contribution in [-0.4, -0.2) is 34.1 Å². The normalized spacial score (nSPS) is 24.5. The lowest BCUT2D eigenvalue weighted by molar-refractivity contribution is -0.112. The zero-order valence-electron chi connectivity index (χ0n) is 18.5. The summed E-state index contributed by atoms with van der Waals surface area (Å²) in [5, 5.41) is 13.1. The number of Topliss-reactive ketones (excluding diaryl/α,β-unsaturated/α-hetero) is 1. The van der Waals surface area contributed by atoms with Crippen LogP contribution in [0.15, 0.2) is 29.2 Å². The number of pyridine rings is 1. The molecule has 2 atom stereocenters. The van der Waals surface area contributed by atoms with Crippen molar-refractivity contribution in [1.82, 2.24) is 9.88 Å². The van der Waals surface area contributed by atoms with Gasteiger partial charge < -0.3 is 19.7 Å². The molecule has 4 rings (SSSR count). The summed E-state index contributed by atoms with van der Waals surface area (Å²) >= 11 is 0. The van der Waals surface area contributed by atoms with Crippen molar-refractivity contribution >= 4 is 11.7 Å². The molecule has 2 unspecified atom stereocenters. The van der Waals surface area contributed by atoms with Crippen LogP contribution in [0.5, 0.6) is 5.75 Å². The molecule has 33 heavy (non-hydrogen) atoms. The standard InChI is InChI=1S/C24H26F2N2O5/c1-23-8-4-3-5-9-24(23,33-2)13-28-12-16(19(29)20(30)18(28)21(23)31)22(32)27-11-14-6-7-15(25)10-17(14)26/h6-7,10,12,30H,3-5,8-9,11,13H2,1-2H3,(H,27,32). The van der Waals surface area contributed by atoms with Gasteiger partial charge in [-0.1, -0.05) is 25.3 Å². The zero-order valence-corrected chi connectivity index (χ0v) is 18.5. The molecule has 1 saturated carbocycles. The Morgan fingerprint density at radius 2 is 1.94 bits per heavy atom. The Kier molecular flexibility index (Phi) is 5.86. The third-order valence-corrected chi connectivity index (χ3v) is 7.25. The van der Waals surface area contributed by atoms with Gasteiger partial charge in [-0.25, -0.2) is 8.78 Å². The van der Waals surface area contributed by atoms with E-state index >= 15 is 0 Å². The minimum absolute atomic E-state index is 0.0368. The second-order valence-corrected chi connectivity index (χ2v) is 9.04. The Bertz CT molecular complexity index is 1190. The van der Waals surface area contributed by atoms with Gasteiger partial charge in [0.25, 0.3) is 5.91 Å². The van der Waals surface area contributed by atoms with E-state index in [9.17, 15) is 28.3 Å². The number of methoxy groups -OCH3 is 1. The number of hydrogen-bond acceptors (Lipinski definition) is 5. The number of ketones is 1. The highest BCUT2D eigenvalue weighted by Gasteiger charge is 2.58. The molecule has 176 valence electrons. The number of nitrogens with one attached hydrogen (secondary N) is 1. The van der Waals surface area contributed by atoms with Gasteiger partial charge in [0.05, 0.1) is 17.6 Å². The number of benzene rings is 1. The average Bonchev–Trinajstić information content (AvgIpc) is 2.95. The molecule has 0 spiro atoms. The molecule has 2 heterocycles. The second kappa shape index (κ2) is 8.37. The van der Waals surface area contributed by atoms with E-state index in [4.69, 9.17) is 4.74 Å². The predicted molar refractivity (Wildman–Crippen MR) is 115 cm³/mol. The van der Waals surface area contributed by atoms with Crippen molar-refractivity contribution in [2.45, 2.75) is 57.7 Å². The van der Waals surface area contributed by atoms with Crippen LogP contribution in [0.25, 0.3) is 0 Å². The van der Waals surface area contributed by atoms with E-state index in [2.05, 4.69) is 5.32 Å². The zero-order chi connectivity index (χ0) is 24.0. The van der Waals surface area contributed by atoms with E-state index in [1.54, 1.807) is 7.11 Å². The fourth-order valence-electron chi connectivity index (χ4n) is 5.18. The van der Waals surface area contributed by atoms with Gasteiger partial charge in [0.2, 0.25) is 5.43 Å². The highest BCUT2D eigenvalue weighted by atomic mass is 19.1. The number of carbonyl (C=O) groups is 2. The van der Waals surface area contributed by atoms with Gasteiger partial charge in [0, 0.05) is 31.5 Å². The van der Waals surface area contributed by atoms with Gasteiger partial charge in [-0.2, -0.15) is 0 Å². The summed E-state index contributed by atoms with van der Waals surface area (Å²) < 4.78 is 34.3. The summed E-state index contributed by atoms with van der Waals surface area (Å²) in [5.74, 6) is -3.59. The van der Waals surface area contributed by atoms with E-state index in [1.807, 2.05) is 6.92 Å². The Balaban J connectivity index is 1.71. The molecule has 2 aromatic rings. The number of nitrogens with zero attached hydrogens (tertiary/aromatic N) is 1. The number of amides is 1. The van der Waals surface area contributed by atoms with Crippen LogP contribution >= 0.6 is 0 Å². The molecule has 0 radical (unpaired) electrons. The molecule has 1 aliphatic carbocycles. The quantitative estimate of drug-likeness (QED) is 0.730. The Morgan fingerprint density at radius 1 is 1.21 bits per heavy atom. The fourth-order valence-corrected chi connectivity index (χ4v) is 5.18. The van der Waals surface area contributed by atoms with Crippen molar-refractivity contribution in [2.24, 2.45) is 5.41 Å². The molecule has 2 N–H and O–H groups in total. The first-order valence-electron chi connectivity index (χ1n) is 10.9. The summed E-state index contributed by atoms with van der Waals surface area (Å²) in [5.41, 5.74) is -3.19. The molecule has 0 bridgehead atoms. The monoisotopic (exact) mass is 460 g/mol. The maximum Gasteiger partial charge on any atom is 0.257 e. The van der Waals surface area contributed by atoms with Crippen molar-refractivity contribution in [3.63, 3.8) is 0 Å². The number of carbonyl (C=O) groups excluding carboxylic acids is 2. The van der Waals surface area contributed by atoms with Crippen molar-refractivity contribution in [3.8, 4) is 5.75 Å². The molecule has 1 aromatic heterocycles. The van der Waals surface area contributed by atoms with E-state index in [-0.39, 0.29) is 35.7 Å². The predicted octanol–water partition coefficient (Wildman–Crippen LogP) is 3.31. The van der Waals surface area contributed by atoms with Gasteiger partial charge in [-0.15, -0.1) is 0 Å². The number of aromatic hydroxyl groups is 1. The maximum atomic E-state index is 13.9. The largest absolute Gasteiger partial charge is 0.503 e. The van der Waals surface area contributed by atoms with Crippen molar-refractivity contribution in [1.29, 1.82) is 0 Å². The van der Waals surface area contributed by atoms with Crippen LogP contribution in [-0.2, 0) is 17.8 Å². The molecule has 9 heteroatoms. The van der Waals surface area contributed by atoms with Crippen molar-refractivity contribution < 1.29 is 28.2 Å². The summed E-state index contributed by atoms with van der Waals surface area (Å²) in [6.45, 7) is 1.73. The fraction of sp³-hybridized carbons (Fsp3) is 0.458. The average molecular weight is 460 g/mol. The molecule has 1 aromatic carbocycles. The van der Waals surface area contributed by atoms with Crippen LogP contribution in [0, 0.1) is 17.0 Å². The van der Waals surface area contributed by atoms with Gasteiger partial charge in [0.1, 0.15) is 22.9 Å². The molecule has 0 saturated heterocycles. The summed E-state index contributed by atoms with van der Waals surface area (Å²) in [4.78, 5) is 39.1. The van der Waals surface area contributed by atoms with E-state index in [1.165, 1.54) is 16.8 Å². The Morgan fingerprint density at radius 3 is 2.64 bits per heavy atom. The molecule has 1 aliphatic heterocycles. The molecule has 1 amide bonds. The van der Waals surface area contributed by atoms with Crippen molar-refractivity contribution in [2.75, 3.05) is 7.11 Å². The van der Waals surface area contributed by atoms with Gasteiger partial charge in [-0.3, -0.25) is 14.4 Å². The number of halogens is 2. The third kappa shape index (κ3) is 3.64. The van der Waals surface area contributed by atoms with Crippen LogP contribution < -0.4 is 10.7 Å². The van der Waals surface area contributed by atoms with E-state index < -0.39 is 39.7 Å². The Hall–Kier alpha value is -3.07.